The van der Waals surface area contributed by atoms with Crippen LogP contribution in [0.3, 0.4) is 0 Å². The van der Waals surface area contributed by atoms with Crippen LogP contribution in [-0.2, 0) is 6.54 Å². The van der Waals surface area contributed by atoms with Crippen LogP contribution in [0.15, 0.2) is 18.2 Å². The van der Waals surface area contributed by atoms with Crippen molar-refractivity contribution >= 4 is 0 Å². The first kappa shape index (κ1) is 16.2. The maximum atomic E-state index is 6.28. The molecule has 0 aliphatic heterocycles. The van der Waals surface area contributed by atoms with Crippen LogP contribution in [0.1, 0.15) is 51.5 Å². The molecule has 3 heteroatoms. The van der Waals surface area contributed by atoms with Crippen LogP contribution in [0.4, 0.5) is 0 Å². The molecule has 118 valence electrons. The van der Waals surface area contributed by atoms with Crippen LogP contribution in [0.5, 0.6) is 11.5 Å². The Bertz CT molecular complexity index is 433. The molecule has 1 aliphatic rings. The Morgan fingerprint density at radius 3 is 2.76 bits per heavy atom. The van der Waals surface area contributed by atoms with Gasteiger partial charge in [0.15, 0.2) is 11.5 Å². The zero-order valence-electron chi connectivity index (χ0n) is 13.7. The van der Waals surface area contributed by atoms with Gasteiger partial charge in [-0.1, -0.05) is 32.8 Å². The monoisotopic (exact) mass is 291 g/mol. The smallest absolute Gasteiger partial charge is 0.161 e. The number of ether oxygens (including phenoxy) is 2. The molecule has 0 heterocycles. The lowest BCUT2D eigenvalue weighted by Crippen LogP contribution is -2.25. The molecular formula is C18H29NO2. The van der Waals surface area contributed by atoms with Gasteiger partial charge in [0.2, 0.25) is 0 Å². The van der Waals surface area contributed by atoms with Gasteiger partial charge >= 0.3 is 0 Å². The van der Waals surface area contributed by atoms with E-state index in [9.17, 15) is 0 Å². The molecule has 2 unspecified atom stereocenters. The van der Waals surface area contributed by atoms with Gasteiger partial charge < -0.3 is 14.8 Å². The standard InChI is InChI=1S/C18H29NO2/c1-4-14-7-6-8-16(11-14)21-18-12-15(13-19-5-2)9-10-17(18)20-3/h9-10,12,14,16,19H,4-8,11,13H2,1-3H3. The Hall–Kier alpha value is -1.22. The molecule has 0 saturated heterocycles. The van der Waals surface area contributed by atoms with Gasteiger partial charge in [-0.15, -0.1) is 0 Å². The number of nitrogens with one attached hydrogen (secondary N) is 1. The first-order chi connectivity index (χ1) is 10.3. The summed E-state index contributed by atoms with van der Waals surface area (Å²) in [6.45, 7) is 6.25. The SMILES string of the molecule is CCNCc1ccc(OC)c(OC2CCCC(CC)C2)c1. The molecule has 1 N–H and O–H groups in total. The zero-order valence-corrected chi connectivity index (χ0v) is 13.7. The second-order valence-corrected chi connectivity index (χ2v) is 5.95. The molecule has 21 heavy (non-hydrogen) atoms. The molecule has 0 amide bonds. The minimum atomic E-state index is 0.340. The summed E-state index contributed by atoms with van der Waals surface area (Å²) in [5, 5.41) is 3.35. The van der Waals surface area contributed by atoms with E-state index in [-0.39, 0.29) is 0 Å². The van der Waals surface area contributed by atoms with E-state index in [1.807, 2.05) is 6.07 Å². The molecule has 2 atom stereocenters. The van der Waals surface area contributed by atoms with Crippen LogP contribution in [0, 0.1) is 5.92 Å². The van der Waals surface area contributed by atoms with Crippen LogP contribution in [0.25, 0.3) is 0 Å². The molecule has 2 rings (SSSR count). The van der Waals surface area contributed by atoms with E-state index in [0.717, 1.165) is 36.9 Å². The van der Waals surface area contributed by atoms with Crippen LogP contribution in [0.2, 0.25) is 0 Å². The maximum Gasteiger partial charge on any atom is 0.161 e. The quantitative estimate of drug-likeness (QED) is 0.818. The van der Waals surface area contributed by atoms with Crippen LogP contribution in [-0.4, -0.2) is 19.8 Å². The fraction of sp³-hybridized carbons (Fsp3) is 0.667. The second kappa shape index (κ2) is 8.28. The predicted molar refractivity (Wildman–Crippen MR) is 87.0 cm³/mol. The molecule has 0 radical (unpaired) electrons. The molecule has 1 aliphatic carbocycles. The summed E-state index contributed by atoms with van der Waals surface area (Å²) < 4.78 is 11.7. The first-order valence-corrected chi connectivity index (χ1v) is 8.31. The predicted octanol–water partition coefficient (Wildman–Crippen LogP) is 4.15. The molecule has 0 aromatic heterocycles. The van der Waals surface area contributed by atoms with Gasteiger partial charge in [0.05, 0.1) is 13.2 Å². The van der Waals surface area contributed by atoms with Crippen molar-refractivity contribution in [2.75, 3.05) is 13.7 Å². The van der Waals surface area contributed by atoms with Gasteiger partial charge in [0.1, 0.15) is 0 Å². The molecule has 0 spiro atoms. The number of hydrogen-bond donors (Lipinski definition) is 1. The van der Waals surface area contributed by atoms with Crippen molar-refractivity contribution in [3.05, 3.63) is 23.8 Å². The molecule has 1 aromatic carbocycles. The van der Waals surface area contributed by atoms with Crippen molar-refractivity contribution in [1.82, 2.24) is 5.32 Å². The number of methoxy groups -OCH3 is 1. The second-order valence-electron chi connectivity index (χ2n) is 5.95. The molecular weight excluding hydrogens is 262 g/mol. The topological polar surface area (TPSA) is 30.5 Å². The van der Waals surface area contributed by atoms with E-state index < -0.39 is 0 Å². The third-order valence-corrected chi connectivity index (χ3v) is 4.41. The van der Waals surface area contributed by atoms with Crippen molar-refractivity contribution in [1.29, 1.82) is 0 Å². The fourth-order valence-electron chi connectivity index (χ4n) is 3.09. The van der Waals surface area contributed by atoms with Gasteiger partial charge in [0.25, 0.3) is 0 Å². The van der Waals surface area contributed by atoms with Gasteiger partial charge in [-0.2, -0.15) is 0 Å². The van der Waals surface area contributed by atoms with Crippen LogP contribution < -0.4 is 14.8 Å². The highest BCUT2D eigenvalue weighted by Crippen LogP contribution is 2.34. The molecule has 0 bridgehead atoms. The van der Waals surface area contributed by atoms with Crippen molar-refractivity contribution in [2.45, 2.75) is 58.6 Å². The lowest BCUT2D eigenvalue weighted by atomic mass is 9.85. The summed E-state index contributed by atoms with van der Waals surface area (Å²) in [7, 11) is 1.71. The average molecular weight is 291 g/mol. The Labute approximate surface area is 129 Å². The molecule has 1 aromatic rings. The van der Waals surface area contributed by atoms with Gasteiger partial charge in [-0.05, 0) is 49.4 Å². The number of rotatable bonds is 7. The summed E-state index contributed by atoms with van der Waals surface area (Å²) in [4.78, 5) is 0. The number of hydrogen-bond acceptors (Lipinski definition) is 3. The van der Waals surface area contributed by atoms with Crippen molar-refractivity contribution < 1.29 is 9.47 Å². The summed E-state index contributed by atoms with van der Waals surface area (Å²) in [6.07, 6.45) is 6.58. The normalized spacial score (nSPS) is 22.0. The van der Waals surface area contributed by atoms with E-state index in [0.29, 0.717) is 6.10 Å². The largest absolute Gasteiger partial charge is 0.493 e. The molecule has 1 fully saturated rings. The first-order valence-electron chi connectivity index (χ1n) is 8.31. The molecule has 3 nitrogen and oxygen atoms in total. The highest BCUT2D eigenvalue weighted by atomic mass is 16.5. The zero-order chi connectivity index (χ0) is 15.1. The minimum absolute atomic E-state index is 0.340. The Kier molecular flexibility index (Phi) is 6.37. The summed E-state index contributed by atoms with van der Waals surface area (Å²) in [6, 6.07) is 6.24. The van der Waals surface area contributed by atoms with E-state index in [4.69, 9.17) is 9.47 Å². The Morgan fingerprint density at radius 1 is 1.19 bits per heavy atom. The van der Waals surface area contributed by atoms with Gasteiger partial charge in [-0.25, -0.2) is 0 Å². The van der Waals surface area contributed by atoms with E-state index in [2.05, 4.69) is 31.3 Å². The highest BCUT2D eigenvalue weighted by Gasteiger charge is 2.23. The molecule has 1 saturated carbocycles. The highest BCUT2D eigenvalue weighted by molar-refractivity contribution is 5.43. The third-order valence-electron chi connectivity index (χ3n) is 4.41. The van der Waals surface area contributed by atoms with Crippen molar-refractivity contribution in [2.24, 2.45) is 5.92 Å². The summed E-state index contributed by atoms with van der Waals surface area (Å²) >= 11 is 0. The fourth-order valence-corrected chi connectivity index (χ4v) is 3.09. The Morgan fingerprint density at radius 2 is 2.05 bits per heavy atom. The third kappa shape index (κ3) is 4.63. The lowest BCUT2D eigenvalue weighted by Gasteiger charge is -2.29. The average Bonchev–Trinajstić information content (AvgIpc) is 2.53. The number of benzene rings is 1. The van der Waals surface area contributed by atoms with E-state index >= 15 is 0 Å². The lowest BCUT2D eigenvalue weighted by molar-refractivity contribution is 0.118. The van der Waals surface area contributed by atoms with Crippen LogP contribution >= 0.6 is 0 Å². The summed E-state index contributed by atoms with van der Waals surface area (Å²) in [5.74, 6) is 2.56. The van der Waals surface area contributed by atoms with Crippen molar-refractivity contribution in [3.8, 4) is 11.5 Å². The van der Waals surface area contributed by atoms with Gasteiger partial charge in [-0.3, -0.25) is 0 Å². The van der Waals surface area contributed by atoms with E-state index in [1.165, 1.54) is 31.2 Å². The maximum absolute atomic E-state index is 6.28. The summed E-state index contributed by atoms with van der Waals surface area (Å²) in [5.41, 5.74) is 1.25. The Balaban J connectivity index is 2.05. The van der Waals surface area contributed by atoms with Crippen molar-refractivity contribution in [3.63, 3.8) is 0 Å². The van der Waals surface area contributed by atoms with Gasteiger partial charge in [0, 0.05) is 6.54 Å². The minimum Gasteiger partial charge on any atom is -0.493 e. The van der Waals surface area contributed by atoms with E-state index in [1.54, 1.807) is 7.11 Å².